The molecule has 194 valence electrons. The molecule has 0 radical (unpaired) electrons. The first kappa shape index (κ1) is 27.5. The summed E-state index contributed by atoms with van der Waals surface area (Å²) in [5.41, 5.74) is 6.68. The Labute approximate surface area is 216 Å². The number of rotatable bonds is 6. The predicted octanol–water partition coefficient (Wildman–Crippen LogP) is 5.83. The molecule has 2 aliphatic rings. The number of aromatic nitrogens is 2. The van der Waals surface area contributed by atoms with Crippen molar-refractivity contribution in [3.8, 4) is 0 Å². The number of anilines is 1. The molecule has 1 unspecified atom stereocenters. The minimum atomic E-state index is -0.0698. The second-order valence-electron chi connectivity index (χ2n) is 9.71. The van der Waals surface area contributed by atoms with E-state index in [1.54, 1.807) is 10.5 Å². The Morgan fingerprint density at radius 1 is 1.19 bits per heavy atom. The van der Waals surface area contributed by atoms with Crippen LogP contribution >= 0.6 is 0 Å². The van der Waals surface area contributed by atoms with Crippen LogP contribution in [0.25, 0.3) is 11.2 Å². The normalized spacial score (nSPS) is 17.6. The predicted molar refractivity (Wildman–Crippen MR) is 153 cm³/mol. The average Bonchev–Trinajstić information content (AvgIpc) is 2.90. The number of fused-ring (bicyclic) bond motifs is 1. The topological polar surface area (TPSA) is 52.9 Å². The summed E-state index contributed by atoms with van der Waals surface area (Å²) in [5.74, 6) is 0.797. The van der Waals surface area contributed by atoms with E-state index >= 15 is 0 Å². The Kier molecular flexibility index (Phi) is 9.32. The second kappa shape index (κ2) is 12.2. The SMILES string of the molecule is C=C1C(C(C)C)=CC(c2cc(=O)n3cc(N4CCNCC4)ccc3n2)=CN1/C=C(/C)C(C)CC.CC. The van der Waals surface area contributed by atoms with Gasteiger partial charge in [0.05, 0.1) is 11.4 Å². The van der Waals surface area contributed by atoms with Crippen molar-refractivity contribution in [1.82, 2.24) is 19.6 Å². The van der Waals surface area contributed by atoms with Crippen LogP contribution in [0.3, 0.4) is 0 Å². The number of nitrogens with one attached hydrogen (secondary N) is 1. The van der Waals surface area contributed by atoms with Gasteiger partial charge in [0.2, 0.25) is 0 Å². The van der Waals surface area contributed by atoms with Crippen molar-refractivity contribution >= 4 is 16.9 Å². The summed E-state index contributed by atoms with van der Waals surface area (Å²) in [4.78, 5) is 22.4. The summed E-state index contributed by atoms with van der Waals surface area (Å²) in [5, 5.41) is 3.37. The lowest BCUT2D eigenvalue weighted by atomic mass is 9.93. The van der Waals surface area contributed by atoms with Crippen LogP contribution in [0, 0.1) is 11.8 Å². The molecule has 1 N–H and O–H groups in total. The minimum Gasteiger partial charge on any atom is -0.368 e. The molecule has 0 aliphatic carbocycles. The molecule has 0 aromatic carbocycles. The van der Waals surface area contributed by atoms with Gasteiger partial charge in [-0.3, -0.25) is 9.20 Å². The Morgan fingerprint density at radius 3 is 2.53 bits per heavy atom. The fourth-order valence-corrected chi connectivity index (χ4v) is 4.44. The zero-order valence-corrected chi connectivity index (χ0v) is 23.1. The maximum atomic E-state index is 13.1. The molecule has 0 amide bonds. The fourth-order valence-electron chi connectivity index (χ4n) is 4.44. The molecule has 0 saturated carbocycles. The van der Waals surface area contributed by atoms with Crippen LogP contribution < -0.4 is 15.8 Å². The van der Waals surface area contributed by atoms with Gasteiger partial charge in [0.15, 0.2) is 0 Å². The van der Waals surface area contributed by atoms with Crippen molar-refractivity contribution in [2.75, 3.05) is 31.1 Å². The molecular formula is C30H43N5O. The van der Waals surface area contributed by atoms with Crippen LogP contribution in [0.1, 0.15) is 60.6 Å². The Morgan fingerprint density at radius 2 is 1.89 bits per heavy atom. The van der Waals surface area contributed by atoms with E-state index in [0.717, 1.165) is 55.1 Å². The molecule has 6 heteroatoms. The number of hydrogen-bond donors (Lipinski definition) is 1. The van der Waals surface area contributed by atoms with E-state index in [0.29, 0.717) is 23.2 Å². The Bertz CT molecular complexity index is 1230. The van der Waals surface area contributed by atoms with E-state index in [9.17, 15) is 4.79 Å². The number of piperazine rings is 1. The molecule has 0 bridgehead atoms. The van der Waals surface area contributed by atoms with Crippen LogP contribution in [0.4, 0.5) is 5.69 Å². The van der Waals surface area contributed by atoms with Gasteiger partial charge in [-0.05, 0) is 49.0 Å². The molecular weight excluding hydrogens is 446 g/mol. The van der Waals surface area contributed by atoms with Crippen molar-refractivity contribution in [3.05, 3.63) is 82.3 Å². The quantitative estimate of drug-likeness (QED) is 0.553. The van der Waals surface area contributed by atoms with Gasteiger partial charge < -0.3 is 15.1 Å². The zero-order valence-electron chi connectivity index (χ0n) is 23.1. The molecule has 4 rings (SSSR count). The summed E-state index contributed by atoms with van der Waals surface area (Å²) >= 11 is 0. The third-order valence-electron chi connectivity index (χ3n) is 7.01. The standard InChI is InChI=1S/C28H37N5O.C2H6/c1-7-20(4)21(5)16-32-17-23(14-25(19(2)3)22(32)6)26-15-28(34)33-18-24(8-9-27(33)30-26)31-12-10-29-11-13-31;1-2/h8-9,14-20,29H,6-7,10-13H2,1-5H3;1-2H3/b21-16-;. The molecule has 2 aliphatic heterocycles. The lowest BCUT2D eigenvalue weighted by Gasteiger charge is -2.30. The minimum absolute atomic E-state index is 0.0698. The van der Waals surface area contributed by atoms with Crippen LogP contribution in [0.15, 0.2) is 71.1 Å². The van der Waals surface area contributed by atoms with E-state index in [2.05, 4.69) is 74.7 Å². The molecule has 2 aromatic rings. The highest BCUT2D eigenvalue weighted by molar-refractivity contribution is 5.76. The summed E-state index contributed by atoms with van der Waals surface area (Å²) in [7, 11) is 0. The van der Waals surface area contributed by atoms with Gasteiger partial charge in [0.25, 0.3) is 5.56 Å². The molecule has 6 nitrogen and oxygen atoms in total. The van der Waals surface area contributed by atoms with Crippen molar-refractivity contribution in [1.29, 1.82) is 0 Å². The third kappa shape index (κ3) is 5.98. The molecule has 1 atom stereocenters. The van der Waals surface area contributed by atoms with Crippen LogP contribution in [0.2, 0.25) is 0 Å². The fraction of sp³-hybridized carbons (Fsp3) is 0.467. The second-order valence-corrected chi connectivity index (χ2v) is 9.71. The van der Waals surface area contributed by atoms with E-state index < -0.39 is 0 Å². The van der Waals surface area contributed by atoms with Crippen molar-refractivity contribution < 1.29 is 0 Å². The van der Waals surface area contributed by atoms with Gasteiger partial charge in [-0.15, -0.1) is 0 Å². The van der Waals surface area contributed by atoms with E-state index in [4.69, 9.17) is 4.98 Å². The zero-order chi connectivity index (χ0) is 26.4. The maximum absolute atomic E-state index is 13.1. The van der Waals surface area contributed by atoms with Crippen molar-refractivity contribution in [2.24, 2.45) is 11.8 Å². The third-order valence-corrected chi connectivity index (χ3v) is 7.01. The summed E-state index contributed by atoms with van der Waals surface area (Å²) in [6.45, 7) is 23.1. The van der Waals surface area contributed by atoms with Crippen molar-refractivity contribution in [3.63, 3.8) is 0 Å². The smallest absolute Gasteiger partial charge is 0.258 e. The lowest BCUT2D eigenvalue weighted by molar-refractivity contribution is 0.572. The van der Waals surface area contributed by atoms with Gasteiger partial charge in [0.1, 0.15) is 5.65 Å². The molecule has 36 heavy (non-hydrogen) atoms. The summed E-state index contributed by atoms with van der Waals surface area (Å²) < 4.78 is 1.65. The highest BCUT2D eigenvalue weighted by atomic mass is 16.1. The number of allylic oxidation sites excluding steroid dienone is 4. The first-order chi connectivity index (χ1) is 17.3. The lowest BCUT2D eigenvalue weighted by Crippen LogP contribution is -2.43. The van der Waals surface area contributed by atoms with E-state index in [1.807, 2.05) is 32.3 Å². The van der Waals surface area contributed by atoms with Crippen molar-refractivity contribution in [2.45, 2.75) is 54.9 Å². The molecule has 0 spiro atoms. The van der Waals surface area contributed by atoms with Crippen LogP contribution in [-0.2, 0) is 0 Å². The van der Waals surface area contributed by atoms with Gasteiger partial charge >= 0.3 is 0 Å². The van der Waals surface area contributed by atoms with Gasteiger partial charge in [0, 0.05) is 62.1 Å². The Hall–Kier alpha value is -3.12. The van der Waals surface area contributed by atoms with Crippen LogP contribution in [0.5, 0.6) is 0 Å². The van der Waals surface area contributed by atoms with Gasteiger partial charge in [-0.2, -0.15) is 0 Å². The highest BCUT2D eigenvalue weighted by Crippen LogP contribution is 2.33. The Balaban J connectivity index is 0.00000176. The number of pyridine rings is 1. The molecule has 1 fully saturated rings. The van der Waals surface area contributed by atoms with Crippen LogP contribution in [-0.4, -0.2) is 40.5 Å². The molecule has 2 aromatic heterocycles. The highest BCUT2D eigenvalue weighted by Gasteiger charge is 2.21. The van der Waals surface area contributed by atoms with Gasteiger partial charge in [-0.25, -0.2) is 4.98 Å². The maximum Gasteiger partial charge on any atom is 0.258 e. The van der Waals surface area contributed by atoms with Gasteiger partial charge in [-0.1, -0.05) is 53.7 Å². The average molecular weight is 490 g/mol. The number of hydrogen-bond acceptors (Lipinski definition) is 5. The summed E-state index contributed by atoms with van der Waals surface area (Å²) in [6.07, 6.45) is 9.35. The first-order valence-electron chi connectivity index (χ1n) is 13.4. The van der Waals surface area contributed by atoms with E-state index in [-0.39, 0.29) is 5.56 Å². The largest absolute Gasteiger partial charge is 0.368 e. The first-order valence-corrected chi connectivity index (χ1v) is 13.4. The number of nitrogens with zero attached hydrogens (tertiary/aromatic N) is 4. The summed E-state index contributed by atoms with van der Waals surface area (Å²) in [6, 6.07) is 5.66. The van der Waals surface area contributed by atoms with E-state index in [1.165, 1.54) is 5.57 Å². The molecule has 1 saturated heterocycles. The monoisotopic (exact) mass is 489 g/mol. The molecule has 4 heterocycles.